The topological polar surface area (TPSA) is 93.9 Å². The molecule has 24 heavy (non-hydrogen) atoms. The normalized spacial score (nSPS) is 19.0. The molecule has 8 heteroatoms. The van der Waals surface area contributed by atoms with E-state index in [1.165, 1.54) is 6.92 Å². The predicted octanol–water partition coefficient (Wildman–Crippen LogP) is 0.893. The van der Waals surface area contributed by atoms with Crippen molar-refractivity contribution in [1.29, 1.82) is 0 Å². The van der Waals surface area contributed by atoms with Crippen LogP contribution in [0.1, 0.15) is 25.5 Å². The maximum Gasteiger partial charge on any atom is 0.150 e. The van der Waals surface area contributed by atoms with Crippen LogP contribution in [0.25, 0.3) is 5.69 Å². The van der Waals surface area contributed by atoms with E-state index in [9.17, 15) is 13.2 Å². The van der Waals surface area contributed by atoms with Gasteiger partial charge in [0.2, 0.25) is 0 Å². The van der Waals surface area contributed by atoms with Crippen molar-refractivity contribution in [3.05, 3.63) is 42.2 Å². The average molecular weight is 348 g/mol. The first-order valence-corrected chi connectivity index (χ1v) is 9.66. The van der Waals surface area contributed by atoms with E-state index < -0.39 is 15.4 Å². The van der Waals surface area contributed by atoms with Crippen LogP contribution in [0.5, 0.6) is 0 Å². The largest absolute Gasteiger partial charge is 0.299 e. The number of hydrogen-bond acceptors (Lipinski definition) is 6. The molecule has 3 rings (SSSR count). The molecule has 0 atom stereocenters. The summed E-state index contributed by atoms with van der Waals surface area (Å²) in [5, 5.41) is 11.4. The number of rotatable bonds is 5. The molecule has 1 aliphatic rings. The Kier molecular flexibility index (Phi) is 4.51. The number of ketones is 1. The maximum atomic E-state index is 12.1. The zero-order valence-electron chi connectivity index (χ0n) is 13.5. The molecule has 0 amide bonds. The Hall–Kier alpha value is -2.06. The zero-order valence-corrected chi connectivity index (χ0v) is 14.3. The fourth-order valence-corrected chi connectivity index (χ4v) is 4.41. The SMILES string of the molecule is CC(=O)C1(NCc2cn(-c3ccccc3)nn2)CCS(=O)(=O)CC1. The van der Waals surface area contributed by atoms with Crippen molar-refractivity contribution in [2.45, 2.75) is 31.8 Å². The molecule has 1 aliphatic heterocycles. The summed E-state index contributed by atoms with van der Waals surface area (Å²) in [6.45, 7) is 1.87. The van der Waals surface area contributed by atoms with E-state index in [-0.39, 0.29) is 17.3 Å². The number of carbonyl (C=O) groups excluding carboxylic acids is 1. The summed E-state index contributed by atoms with van der Waals surface area (Å²) in [4.78, 5) is 12.1. The summed E-state index contributed by atoms with van der Waals surface area (Å²) in [6.07, 6.45) is 2.41. The third-order valence-electron chi connectivity index (χ3n) is 4.52. The molecule has 0 unspecified atom stereocenters. The Labute approximate surface area is 141 Å². The van der Waals surface area contributed by atoms with Crippen molar-refractivity contribution in [3.63, 3.8) is 0 Å². The molecule has 7 nitrogen and oxygen atoms in total. The van der Waals surface area contributed by atoms with Crippen LogP contribution in [0.15, 0.2) is 36.5 Å². The highest BCUT2D eigenvalue weighted by Gasteiger charge is 2.40. The Morgan fingerprint density at radius 3 is 2.54 bits per heavy atom. The van der Waals surface area contributed by atoms with Crippen molar-refractivity contribution >= 4 is 15.6 Å². The first-order chi connectivity index (χ1) is 11.4. The standard InChI is InChI=1S/C16H20N4O3S/c1-13(21)16(7-9-24(22,23)10-8-16)17-11-14-12-20(19-18-14)15-5-3-2-4-6-15/h2-6,12,17H,7-11H2,1H3. The van der Waals surface area contributed by atoms with Crippen LogP contribution in [-0.2, 0) is 21.2 Å². The van der Waals surface area contributed by atoms with Crippen LogP contribution < -0.4 is 5.32 Å². The lowest BCUT2D eigenvalue weighted by Gasteiger charge is -2.35. The van der Waals surface area contributed by atoms with Gasteiger partial charge in [-0.2, -0.15) is 0 Å². The van der Waals surface area contributed by atoms with Crippen LogP contribution in [0, 0.1) is 0 Å². The summed E-state index contributed by atoms with van der Waals surface area (Å²) in [5.74, 6) is 0.0416. The van der Waals surface area contributed by atoms with Gasteiger partial charge in [0.25, 0.3) is 0 Å². The molecule has 1 N–H and O–H groups in total. The van der Waals surface area contributed by atoms with Gasteiger partial charge in [-0.05, 0) is 31.9 Å². The second kappa shape index (κ2) is 6.45. The molecular weight excluding hydrogens is 328 g/mol. The smallest absolute Gasteiger partial charge is 0.150 e. The van der Waals surface area contributed by atoms with E-state index in [1.54, 1.807) is 10.9 Å². The van der Waals surface area contributed by atoms with Gasteiger partial charge in [-0.25, -0.2) is 13.1 Å². The number of sulfone groups is 1. The molecule has 2 aromatic rings. The summed E-state index contributed by atoms with van der Waals surface area (Å²) in [7, 11) is -3.03. The summed E-state index contributed by atoms with van der Waals surface area (Å²) >= 11 is 0. The van der Waals surface area contributed by atoms with Gasteiger partial charge in [-0.15, -0.1) is 5.10 Å². The van der Waals surface area contributed by atoms with Gasteiger partial charge < -0.3 is 0 Å². The number of hydrogen-bond donors (Lipinski definition) is 1. The minimum atomic E-state index is -3.03. The van der Waals surface area contributed by atoms with E-state index in [2.05, 4.69) is 15.6 Å². The molecule has 0 bridgehead atoms. The van der Waals surface area contributed by atoms with Crippen LogP contribution in [0.4, 0.5) is 0 Å². The second-order valence-corrected chi connectivity index (χ2v) is 8.44. The number of carbonyl (C=O) groups is 1. The van der Waals surface area contributed by atoms with Crippen LogP contribution in [0.2, 0.25) is 0 Å². The summed E-state index contributed by atoms with van der Waals surface area (Å²) in [5.41, 5.74) is 0.816. The highest BCUT2D eigenvalue weighted by Crippen LogP contribution is 2.25. The number of nitrogens with zero attached hydrogens (tertiary/aromatic N) is 3. The number of nitrogens with one attached hydrogen (secondary N) is 1. The highest BCUT2D eigenvalue weighted by atomic mass is 32.2. The maximum absolute atomic E-state index is 12.1. The van der Waals surface area contributed by atoms with Gasteiger partial charge in [-0.1, -0.05) is 23.4 Å². The monoisotopic (exact) mass is 348 g/mol. The third kappa shape index (κ3) is 3.54. The molecule has 0 aliphatic carbocycles. The first-order valence-electron chi connectivity index (χ1n) is 7.83. The lowest BCUT2D eigenvalue weighted by molar-refractivity contribution is -0.123. The predicted molar refractivity (Wildman–Crippen MR) is 89.5 cm³/mol. The van der Waals surface area contributed by atoms with Crippen molar-refractivity contribution in [2.75, 3.05) is 11.5 Å². The molecule has 0 radical (unpaired) electrons. The first kappa shape index (κ1) is 16.8. The molecule has 1 aromatic carbocycles. The fraction of sp³-hybridized carbons (Fsp3) is 0.438. The molecule has 0 spiro atoms. The van der Waals surface area contributed by atoms with E-state index >= 15 is 0 Å². The fourth-order valence-electron chi connectivity index (χ4n) is 2.89. The highest BCUT2D eigenvalue weighted by molar-refractivity contribution is 7.91. The van der Waals surface area contributed by atoms with Gasteiger partial charge in [0, 0.05) is 6.54 Å². The molecule has 1 fully saturated rings. The van der Waals surface area contributed by atoms with Crippen LogP contribution in [-0.4, -0.2) is 46.2 Å². The molecule has 128 valence electrons. The van der Waals surface area contributed by atoms with Gasteiger partial charge in [0.15, 0.2) is 0 Å². The van der Waals surface area contributed by atoms with Gasteiger partial charge in [0.1, 0.15) is 15.6 Å². The summed E-state index contributed by atoms with van der Waals surface area (Å²) < 4.78 is 24.9. The van der Waals surface area contributed by atoms with Crippen molar-refractivity contribution in [2.24, 2.45) is 0 Å². The third-order valence-corrected chi connectivity index (χ3v) is 6.18. The van der Waals surface area contributed by atoms with E-state index in [0.717, 1.165) is 5.69 Å². The number of Topliss-reactive ketones (excluding diaryl/α,β-unsaturated/α-hetero) is 1. The quantitative estimate of drug-likeness (QED) is 0.862. The van der Waals surface area contributed by atoms with Crippen molar-refractivity contribution in [3.8, 4) is 5.69 Å². The molecule has 1 saturated heterocycles. The molecule has 1 aromatic heterocycles. The van der Waals surface area contributed by atoms with Gasteiger partial charge in [-0.3, -0.25) is 10.1 Å². The van der Waals surface area contributed by atoms with E-state index in [1.807, 2.05) is 30.3 Å². The molecular formula is C16H20N4O3S. The minimum absolute atomic E-state index is 0.0344. The van der Waals surface area contributed by atoms with Crippen LogP contribution in [0.3, 0.4) is 0 Å². The van der Waals surface area contributed by atoms with E-state index in [4.69, 9.17) is 0 Å². The minimum Gasteiger partial charge on any atom is -0.299 e. The number of aromatic nitrogens is 3. The Morgan fingerprint density at radius 2 is 1.92 bits per heavy atom. The second-order valence-electron chi connectivity index (χ2n) is 6.13. The average Bonchev–Trinajstić information content (AvgIpc) is 3.04. The lowest BCUT2D eigenvalue weighted by atomic mass is 9.88. The Bertz CT molecular complexity index is 816. The Balaban J connectivity index is 1.70. The van der Waals surface area contributed by atoms with Crippen molar-refractivity contribution < 1.29 is 13.2 Å². The molecule has 2 heterocycles. The number of para-hydroxylation sites is 1. The van der Waals surface area contributed by atoms with Gasteiger partial charge >= 0.3 is 0 Å². The molecule has 0 saturated carbocycles. The van der Waals surface area contributed by atoms with E-state index in [0.29, 0.717) is 25.1 Å². The lowest BCUT2D eigenvalue weighted by Crippen LogP contribution is -2.55. The zero-order chi connectivity index (χ0) is 17.2. The Morgan fingerprint density at radius 1 is 1.25 bits per heavy atom. The summed E-state index contributed by atoms with van der Waals surface area (Å²) in [6, 6.07) is 9.62. The van der Waals surface area contributed by atoms with Crippen molar-refractivity contribution in [1.82, 2.24) is 20.3 Å². The van der Waals surface area contributed by atoms with Crippen LogP contribution >= 0.6 is 0 Å². The van der Waals surface area contributed by atoms with Gasteiger partial charge in [0.05, 0.1) is 34.6 Å². The number of benzene rings is 1.